The summed E-state index contributed by atoms with van der Waals surface area (Å²) in [4.78, 5) is 16.9. The molecule has 0 atom stereocenters. The molecule has 0 radical (unpaired) electrons. The van der Waals surface area contributed by atoms with Crippen molar-refractivity contribution < 1.29 is 14.6 Å². The molecule has 0 saturated carbocycles. The minimum atomic E-state index is -0.790. The molecule has 112 valence electrons. The summed E-state index contributed by atoms with van der Waals surface area (Å²) in [5.74, 6) is -0.790. The van der Waals surface area contributed by atoms with Crippen molar-refractivity contribution in [1.82, 2.24) is 14.5 Å². The Balaban J connectivity index is 1.54. The van der Waals surface area contributed by atoms with Crippen LogP contribution in [0, 0.1) is 0 Å². The van der Waals surface area contributed by atoms with Crippen LogP contribution in [-0.4, -0.2) is 57.9 Å². The number of carboxylic acid groups (broad SMARTS) is 1. The van der Waals surface area contributed by atoms with E-state index in [2.05, 4.69) is 14.5 Å². The van der Waals surface area contributed by atoms with E-state index in [1.54, 1.807) is 6.20 Å². The average molecular weight is 281 g/mol. The van der Waals surface area contributed by atoms with Gasteiger partial charge in [-0.25, -0.2) is 4.98 Å². The zero-order valence-electron chi connectivity index (χ0n) is 11.8. The van der Waals surface area contributed by atoms with E-state index >= 15 is 0 Å². The van der Waals surface area contributed by atoms with E-state index in [0.717, 1.165) is 45.4 Å². The molecular weight excluding hydrogens is 258 g/mol. The summed E-state index contributed by atoms with van der Waals surface area (Å²) >= 11 is 0. The highest BCUT2D eigenvalue weighted by atomic mass is 16.5. The Kier molecular flexibility index (Phi) is 6.01. The first kappa shape index (κ1) is 15.0. The van der Waals surface area contributed by atoms with Gasteiger partial charge in [-0.15, -0.1) is 0 Å². The molecule has 0 bridgehead atoms. The zero-order valence-corrected chi connectivity index (χ0v) is 11.8. The predicted octanol–water partition coefficient (Wildman–Crippen LogP) is 1.23. The average Bonchev–Trinajstić information content (AvgIpc) is 2.93. The minimum absolute atomic E-state index is 0.102. The number of piperidine rings is 1. The predicted molar refractivity (Wildman–Crippen MR) is 74.5 cm³/mol. The monoisotopic (exact) mass is 281 g/mol. The van der Waals surface area contributed by atoms with Crippen LogP contribution < -0.4 is 0 Å². The van der Waals surface area contributed by atoms with E-state index in [1.165, 1.54) is 0 Å². The quantitative estimate of drug-likeness (QED) is 0.776. The molecule has 0 unspecified atom stereocenters. The smallest absolute Gasteiger partial charge is 0.305 e. The third kappa shape index (κ3) is 5.30. The summed E-state index contributed by atoms with van der Waals surface area (Å²) in [6.45, 7) is 4.53. The first-order valence-corrected chi connectivity index (χ1v) is 7.25. The molecule has 1 saturated heterocycles. The molecule has 0 aliphatic carbocycles. The Hall–Kier alpha value is -1.40. The summed E-state index contributed by atoms with van der Waals surface area (Å²) < 4.78 is 7.68. The van der Waals surface area contributed by atoms with Crippen molar-refractivity contribution in [2.75, 3.05) is 26.2 Å². The highest BCUT2D eigenvalue weighted by Crippen LogP contribution is 2.14. The number of aliphatic carboxylic acids is 1. The van der Waals surface area contributed by atoms with Crippen molar-refractivity contribution in [2.24, 2.45) is 0 Å². The van der Waals surface area contributed by atoms with Gasteiger partial charge in [-0.05, 0) is 25.8 Å². The van der Waals surface area contributed by atoms with Crippen LogP contribution >= 0.6 is 0 Å². The fourth-order valence-corrected chi connectivity index (χ4v) is 2.51. The number of nitrogens with zero attached hydrogens (tertiary/aromatic N) is 3. The number of rotatable bonds is 8. The first-order valence-electron chi connectivity index (χ1n) is 7.25. The number of aryl methyl sites for hydroxylation is 1. The van der Waals surface area contributed by atoms with Crippen molar-refractivity contribution in [3.05, 3.63) is 18.7 Å². The molecule has 2 heterocycles. The molecule has 0 spiro atoms. The molecular formula is C14H23N3O3. The first-order chi connectivity index (χ1) is 9.74. The molecule has 2 rings (SSSR count). The Labute approximate surface area is 119 Å². The molecule has 1 aliphatic rings. The van der Waals surface area contributed by atoms with Crippen molar-refractivity contribution >= 4 is 5.97 Å². The Morgan fingerprint density at radius 3 is 2.80 bits per heavy atom. The van der Waals surface area contributed by atoms with Crippen LogP contribution in [0.5, 0.6) is 0 Å². The lowest BCUT2D eigenvalue weighted by Crippen LogP contribution is -2.38. The number of likely N-dealkylation sites (tertiary alicyclic amines) is 1. The van der Waals surface area contributed by atoms with Gasteiger partial charge in [0.1, 0.15) is 0 Å². The lowest BCUT2D eigenvalue weighted by atomic mass is 10.1. The standard InChI is InChI=1S/C14H23N3O3/c18-14(19)4-11-20-13-2-8-16(9-3-13)6-1-7-17-10-5-15-12-17/h5,10,12-13H,1-4,6-9,11H2,(H,18,19). The summed E-state index contributed by atoms with van der Waals surface area (Å²) in [5.41, 5.74) is 0. The number of carboxylic acids is 1. The maximum absolute atomic E-state index is 10.4. The highest BCUT2D eigenvalue weighted by molar-refractivity contribution is 5.66. The normalized spacial score (nSPS) is 17.4. The molecule has 6 heteroatoms. The molecule has 0 aromatic carbocycles. The van der Waals surface area contributed by atoms with Crippen LogP contribution in [0.1, 0.15) is 25.7 Å². The summed E-state index contributed by atoms with van der Waals surface area (Å²) in [7, 11) is 0. The van der Waals surface area contributed by atoms with E-state index in [9.17, 15) is 4.79 Å². The summed E-state index contributed by atoms with van der Waals surface area (Å²) in [6.07, 6.45) is 9.12. The second-order valence-electron chi connectivity index (χ2n) is 5.21. The highest BCUT2D eigenvalue weighted by Gasteiger charge is 2.19. The molecule has 1 aliphatic heterocycles. The fourth-order valence-electron chi connectivity index (χ4n) is 2.51. The molecule has 1 N–H and O–H groups in total. The summed E-state index contributed by atoms with van der Waals surface area (Å²) in [6, 6.07) is 0. The van der Waals surface area contributed by atoms with Crippen LogP contribution in [0.4, 0.5) is 0 Å². The zero-order chi connectivity index (χ0) is 14.2. The van der Waals surface area contributed by atoms with Gasteiger partial charge in [-0.1, -0.05) is 0 Å². The van der Waals surface area contributed by atoms with E-state index in [4.69, 9.17) is 9.84 Å². The number of carbonyl (C=O) groups is 1. The SMILES string of the molecule is O=C(O)CCOC1CCN(CCCn2ccnc2)CC1. The fraction of sp³-hybridized carbons (Fsp3) is 0.714. The molecule has 1 aromatic heterocycles. The summed E-state index contributed by atoms with van der Waals surface area (Å²) in [5, 5.41) is 8.57. The largest absolute Gasteiger partial charge is 0.481 e. The van der Waals surface area contributed by atoms with E-state index in [1.807, 2.05) is 12.5 Å². The van der Waals surface area contributed by atoms with Gasteiger partial charge in [0.25, 0.3) is 0 Å². The number of hydrogen-bond acceptors (Lipinski definition) is 4. The van der Waals surface area contributed by atoms with Gasteiger partial charge in [0.2, 0.25) is 0 Å². The van der Waals surface area contributed by atoms with E-state index in [-0.39, 0.29) is 12.5 Å². The van der Waals surface area contributed by atoms with Gasteiger partial charge in [-0.2, -0.15) is 0 Å². The Morgan fingerprint density at radius 2 is 2.15 bits per heavy atom. The second kappa shape index (κ2) is 8.01. The second-order valence-corrected chi connectivity index (χ2v) is 5.21. The lowest BCUT2D eigenvalue weighted by Gasteiger charge is -2.31. The van der Waals surface area contributed by atoms with Gasteiger partial charge in [-0.3, -0.25) is 4.79 Å². The van der Waals surface area contributed by atoms with Gasteiger partial charge in [0.05, 0.1) is 25.5 Å². The molecule has 20 heavy (non-hydrogen) atoms. The van der Waals surface area contributed by atoms with Gasteiger partial charge >= 0.3 is 5.97 Å². The van der Waals surface area contributed by atoms with E-state index < -0.39 is 5.97 Å². The number of aromatic nitrogens is 2. The Morgan fingerprint density at radius 1 is 1.35 bits per heavy atom. The molecule has 1 fully saturated rings. The third-order valence-corrected chi connectivity index (χ3v) is 3.65. The lowest BCUT2D eigenvalue weighted by molar-refractivity contribution is -0.138. The van der Waals surface area contributed by atoms with E-state index in [0.29, 0.717) is 6.61 Å². The number of hydrogen-bond donors (Lipinski definition) is 1. The molecule has 0 amide bonds. The van der Waals surface area contributed by atoms with Crippen LogP contribution in [0.2, 0.25) is 0 Å². The number of ether oxygens (including phenoxy) is 1. The van der Waals surface area contributed by atoms with Crippen LogP contribution in [0.3, 0.4) is 0 Å². The van der Waals surface area contributed by atoms with Gasteiger partial charge in [0.15, 0.2) is 0 Å². The van der Waals surface area contributed by atoms with Gasteiger partial charge in [0, 0.05) is 32.0 Å². The van der Waals surface area contributed by atoms with Crippen LogP contribution in [-0.2, 0) is 16.1 Å². The topological polar surface area (TPSA) is 67.6 Å². The molecule has 1 aromatic rings. The van der Waals surface area contributed by atoms with Crippen LogP contribution in [0.15, 0.2) is 18.7 Å². The van der Waals surface area contributed by atoms with Crippen molar-refractivity contribution in [1.29, 1.82) is 0 Å². The maximum Gasteiger partial charge on any atom is 0.305 e. The Bertz CT molecular complexity index is 386. The maximum atomic E-state index is 10.4. The van der Waals surface area contributed by atoms with Gasteiger partial charge < -0.3 is 19.3 Å². The minimum Gasteiger partial charge on any atom is -0.481 e. The van der Waals surface area contributed by atoms with Crippen LogP contribution in [0.25, 0.3) is 0 Å². The van der Waals surface area contributed by atoms with Crippen molar-refractivity contribution in [3.63, 3.8) is 0 Å². The third-order valence-electron chi connectivity index (χ3n) is 3.65. The van der Waals surface area contributed by atoms with Crippen molar-refractivity contribution in [2.45, 2.75) is 38.3 Å². The molecule has 6 nitrogen and oxygen atoms in total. The number of imidazole rings is 1. The van der Waals surface area contributed by atoms with Crippen molar-refractivity contribution in [3.8, 4) is 0 Å².